The number of halogens is 1. The second-order valence-electron chi connectivity index (χ2n) is 6.54. The van der Waals surface area contributed by atoms with E-state index in [0.29, 0.717) is 11.4 Å². The van der Waals surface area contributed by atoms with Gasteiger partial charge in [0, 0.05) is 4.47 Å². The monoisotopic (exact) mass is 451 g/mol. The summed E-state index contributed by atoms with van der Waals surface area (Å²) in [7, 11) is 0. The lowest BCUT2D eigenvalue weighted by molar-refractivity contribution is 0.0934. The van der Waals surface area contributed by atoms with Crippen molar-refractivity contribution >= 4 is 21.8 Å². The minimum absolute atomic E-state index is 0.192. The van der Waals surface area contributed by atoms with Crippen LogP contribution in [0, 0.1) is 6.92 Å². The average Bonchev–Trinajstić information content (AvgIpc) is 3.38. The minimum Gasteiger partial charge on any atom is -0.344 e. The average molecular weight is 452 g/mol. The van der Waals surface area contributed by atoms with E-state index in [9.17, 15) is 4.79 Å². The van der Waals surface area contributed by atoms with Crippen molar-refractivity contribution in [2.45, 2.75) is 19.9 Å². The molecule has 0 saturated heterocycles. The number of nitrogens with one attached hydrogen (secondary N) is 1. The van der Waals surface area contributed by atoms with E-state index in [2.05, 4.69) is 41.6 Å². The Balaban J connectivity index is 1.49. The second kappa shape index (κ2) is 7.96. The lowest BCUT2D eigenvalue weighted by atomic mass is 10.1. The van der Waals surface area contributed by atoms with E-state index in [-0.39, 0.29) is 11.9 Å². The van der Waals surface area contributed by atoms with E-state index in [1.165, 1.54) is 6.33 Å². The first-order valence-corrected chi connectivity index (χ1v) is 9.76. The van der Waals surface area contributed by atoms with E-state index in [0.717, 1.165) is 21.4 Å². The predicted octanol–water partition coefficient (Wildman–Crippen LogP) is 3.41. The van der Waals surface area contributed by atoms with Gasteiger partial charge in [0.15, 0.2) is 5.69 Å². The van der Waals surface area contributed by atoms with Crippen molar-refractivity contribution < 1.29 is 4.79 Å². The molecule has 4 aromatic rings. The first-order valence-electron chi connectivity index (χ1n) is 8.97. The van der Waals surface area contributed by atoms with Crippen LogP contribution in [0.5, 0.6) is 0 Å². The van der Waals surface area contributed by atoms with E-state index in [1.807, 2.05) is 62.4 Å². The van der Waals surface area contributed by atoms with Gasteiger partial charge >= 0.3 is 0 Å². The Morgan fingerprint density at radius 2 is 1.93 bits per heavy atom. The summed E-state index contributed by atoms with van der Waals surface area (Å²) in [5.74, 6) is -0.267. The first-order chi connectivity index (χ1) is 14.0. The van der Waals surface area contributed by atoms with Crippen LogP contribution in [0.15, 0.2) is 65.7 Å². The molecule has 1 amide bonds. The molecule has 2 aromatic heterocycles. The fourth-order valence-electron chi connectivity index (χ4n) is 3.00. The summed E-state index contributed by atoms with van der Waals surface area (Å²) < 4.78 is 4.26. The Bertz CT molecular complexity index is 1140. The summed E-state index contributed by atoms with van der Waals surface area (Å²) in [4.78, 5) is 16.7. The van der Waals surface area contributed by atoms with Crippen LogP contribution < -0.4 is 5.32 Å². The van der Waals surface area contributed by atoms with Gasteiger partial charge in [0.2, 0.25) is 0 Å². The zero-order chi connectivity index (χ0) is 20.4. The van der Waals surface area contributed by atoms with Crippen molar-refractivity contribution in [3.05, 3.63) is 82.6 Å². The Kier molecular flexibility index (Phi) is 5.22. The van der Waals surface area contributed by atoms with Crippen molar-refractivity contribution in [2.24, 2.45) is 0 Å². The third-order valence-corrected chi connectivity index (χ3v) is 5.08. The number of nitrogens with zero attached hydrogens (tertiary/aromatic N) is 6. The molecule has 0 aliphatic heterocycles. The van der Waals surface area contributed by atoms with Crippen LogP contribution in [0.4, 0.5) is 0 Å². The molecule has 1 N–H and O–H groups in total. The summed E-state index contributed by atoms with van der Waals surface area (Å²) >= 11 is 3.45. The van der Waals surface area contributed by atoms with Gasteiger partial charge in [-0.3, -0.25) is 4.79 Å². The predicted molar refractivity (Wildman–Crippen MR) is 111 cm³/mol. The molecule has 4 rings (SSSR count). The standard InChI is InChI=1S/C20H18BrN7O/c1-13(15-6-8-17(9-7-15)27-12-22-11-23-27)24-20(29)19-14(2)28(26-25-19)18-5-3-4-16(21)10-18/h3-13H,1-2H3,(H,24,29). The maximum atomic E-state index is 12.8. The highest BCUT2D eigenvalue weighted by Gasteiger charge is 2.19. The van der Waals surface area contributed by atoms with E-state index >= 15 is 0 Å². The van der Waals surface area contributed by atoms with E-state index in [1.54, 1.807) is 15.7 Å². The summed E-state index contributed by atoms with van der Waals surface area (Å²) in [5.41, 5.74) is 3.68. The van der Waals surface area contributed by atoms with Crippen LogP contribution in [-0.2, 0) is 0 Å². The topological polar surface area (TPSA) is 90.5 Å². The van der Waals surface area contributed by atoms with Gasteiger partial charge < -0.3 is 5.32 Å². The molecule has 0 bridgehead atoms. The lowest BCUT2D eigenvalue weighted by Crippen LogP contribution is -2.27. The van der Waals surface area contributed by atoms with Gasteiger partial charge in [-0.25, -0.2) is 14.3 Å². The zero-order valence-electron chi connectivity index (χ0n) is 15.8. The lowest BCUT2D eigenvalue weighted by Gasteiger charge is -2.14. The third kappa shape index (κ3) is 3.95. The van der Waals surface area contributed by atoms with Crippen LogP contribution in [-0.4, -0.2) is 35.7 Å². The van der Waals surface area contributed by atoms with Crippen LogP contribution in [0.3, 0.4) is 0 Å². The van der Waals surface area contributed by atoms with Gasteiger partial charge in [-0.2, -0.15) is 5.10 Å². The Hall–Kier alpha value is -3.33. The van der Waals surface area contributed by atoms with E-state index in [4.69, 9.17) is 0 Å². The molecule has 0 aliphatic carbocycles. The minimum atomic E-state index is -0.267. The molecule has 0 fully saturated rings. The zero-order valence-corrected chi connectivity index (χ0v) is 17.4. The van der Waals surface area contributed by atoms with Crippen molar-refractivity contribution in [3.63, 3.8) is 0 Å². The van der Waals surface area contributed by atoms with E-state index < -0.39 is 0 Å². The summed E-state index contributed by atoms with van der Waals surface area (Å²) in [6.07, 6.45) is 3.12. The van der Waals surface area contributed by atoms with Crippen molar-refractivity contribution in [1.82, 2.24) is 35.1 Å². The number of carbonyl (C=O) groups is 1. The fraction of sp³-hybridized carbons (Fsp3) is 0.150. The van der Waals surface area contributed by atoms with Crippen LogP contribution in [0.2, 0.25) is 0 Å². The fourth-order valence-corrected chi connectivity index (χ4v) is 3.38. The van der Waals surface area contributed by atoms with Crippen molar-refractivity contribution in [1.29, 1.82) is 0 Å². The quantitative estimate of drug-likeness (QED) is 0.501. The molecular weight excluding hydrogens is 434 g/mol. The number of hydrogen-bond acceptors (Lipinski definition) is 5. The smallest absolute Gasteiger partial charge is 0.274 e. The molecule has 0 saturated carbocycles. The number of aromatic nitrogens is 6. The van der Waals surface area contributed by atoms with Crippen LogP contribution >= 0.6 is 15.9 Å². The van der Waals surface area contributed by atoms with Gasteiger partial charge in [0.05, 0.1) is 23.1 Å². The third-order valence-electron chi connectivity index (χ3n) is 4.59. The molecule has 0 spiro atoms. The van der Waals surface area contributed by atoms with Crippen molar-refractivity contribution in [3.8, 4) is 11.4 Å². The molecule has 8 nitrogen and oxygen atoms in total. The molecule has 1 unspecified atom stereocenters. The van der Waals surface area contributed by atoms with Gasteiger partial charge in [-0.05, 0) is 49.7 Å². The molecule has 0 aliphatic rings. The molecule has 0 radical (unpaired) electrons. The van der Waals surface area contributed by atoms with Gasteiger partial charge in [-0.1, -0.05) is 39.3 Å². The van der Waals surface area contributed by atoms with Gasteiger partial charge in [0.1, 0.15) is 12.7 Å². The van der Waals surface area contributed by atoms with Crippen molar-refractivity contribution in [2.75, 3.05) is 0 Å². The highest BCUT2D eigenvalue weighted by Crippen LogP contribution is 2.19. The van der Waals surface area contributed by atoms with Gasteiger partial charge in [-0.15, -0.1) is 5.10 Å². The Labute approximate surface area is 175 Å². The Morgan fingerprint density at radius 1 is 1.14 bits per heavy atom. The number of rotatable bonds is 5. The highest BCUT2D eigenvalue weighted by atomic mass is 79.9. The number of benzene rings is 2. The van der Waals surface area contributed by atoms with Crippen LogP contribution in [0.25, 0.3) is 11.4 Å². The van der Waals surface area contributed by atoms with Crippen LogP contribution in [0.1, 0.15) is 34.7 Å². The largest absolute Gasteiger partial charge is 0.344 e. The Morgan fingerprint density at radius 3 is 2.62 bits per heavy atom. The normalized spacial score (nSPS) is 12.0. The number of amides is 1. The summed E-state index contributed by atoms with van der Waals surface area (Å²) in [5, 5.41) is 15.3. The summed E-state index contributed by atoms with van der Waals surface area (Å²) in [6.45, 7) is 3.75. The molecule has 1 atom stereocenters. The molecule has 9 heteroatoms. The first kappa shape index (κ1) is 19.0. The molecule has 2 aromatic carbocycles. The summed E-state index contributed by atoms with van der Waals surface area (Å²) in [6, 6.07) is 15.2. The maximum Gasteiger partial charge on any atom is 0.274 e. The SMILES string of the molecule is Cc1c(C(=O)NC(C)c2ccc(-n3cncn3)cc2)nnn1-c1cccc(Br)c1. The number of carbonyl (C=O) groups excluding carboxylic acids is 1. The van der Waals surface area contributed by atoms with Gasteiger partial charge in [0.25, 0.3) is 5.91 Å². The maximum absolute atomic E-state index is 12.8. The highest BCUT2D eigenvalue weighted by molar-refractivity contribution is 9.10. The molecule has 29 heavy (non-hydrogen) atoms. The molecular formula is C20H18BrN7O. The number of hydrogen-bond donors (Lipinski definition) is 1. The second-order valence-corrected chi connectivity index (χ2v) is 7.46. The molecule has 2 heterocycles. The molecule has 146 valence electrons.